The van der Waals surface area contributed by atoms with Gasteiger partial charge < -0.3 is 4.90 Å². The van der Waals surface area contributed by atoms with Gasteiger partial charge in [-0.2, -0.15) is 4.31 Å². The normalized spacial score (nSPS) is 20.4. The van der Waals surface area contributed by atoms with Crippen molar-refractivity contribution in [3.63, 3.8) is 0 Å². The quantitative estimate of drug-likeness (QED) is 0.743. The van der Waals surface area contributed by atoms with Gasteiger partial charge in [0.1, 0.15) is 5.82 Å². The standard InChI is InChI=1S/C22H27FN2O3S/c1-16-11-17(2)14-25(13-16)29(27,28)21-6-4-5-19(12-21)22(26)24(3)15-18-7-9-20(23)10-8-18/h4-10,12,16-17H,11,13-15H2,1-3H3. The Kier molecular flexibility index (Phi) is 6.39. The zero-order valence-corrected chi connectivity index (χ0v) is 17.8. The van der Waals surface area contributed by atoms with Crippen LogP contribution in [0.2, 0.25) is 0 Å². The highest BCUT2D eigenvalue weighted by Crippen LogP contribution is 2.27. The van der Waals surface area contributed by atoms with Gasteiger partial charge in [-0.15, -0.1) is 0 Å². The summed E-state index contributed by atoms with van der Waals surface area (Å²) in [4.78, 5) is 14.4. The largest absolute Gasteiger partial charge is 0.337 e. The average molecular weight is 419 g/mol. The second kappa shape index (κ2) is 8.63. The smallest absolute Gasteiger partial charge is 0.253 e. The van der Waals surface area contributed by atoms with Gasteiger partial charge in [0.25, 0.3) is 5.91 Å². The molecule has 3 rings (SSSR count). The molecule has 2 aromatic rings. The third-order valence-electron chi connectivity index (χ3n) is 5.23. The fourth-order valence-electron chi connectivity index (χ4n) is 3.90. The lowest BCUT2D eigenvalue weighted by atomic mass is 9.94. The summed E-state index contributed by atoms with van der Waals surface area (Å²) in [5.74, 6) is -0.00546. The van der Waals surface area contributed by atoms with Crippen molar-refractivity contribution < 1.29 is 17.6 Å². The van der Waals surface area contributed by atoms with E-state index in [-0.39, 0.29) is 16.6 Å². The van der Waals surface area contributed by atoms with Crippen molar-refractivity contribution in [2.45, 2.75) is 31.7 Å². The zero-order chi connectivity index (χ0) is 21.2. The Bertz CT molecular complexity index is 966. The number of carbonyl (C=O) groups excluding carboxylic acids is 1. The fourth-order valence-corrected chi connectivity index (χ4v) is 5.62. The van der Waals surface area contributed by atoms with Crippen LogP contribution in [0, 0.1) is 17.7 Å². The topological polar surface area (TPSA) is 57.7 Å². The number of rotatable bonds is 5. The number of halogens is 1. The number of benzene rings is 2. The van der Waals surface area contributed by atoms with Crippen LogP contribution in [0.3, 0.4) is 0 Å². The molecule has 1 heterocycles. The van der Waals surface area contributed by atoms with Crippen molar-refractivity contribution >= 4 is 15.9 Å². The molecule has 1 saturated heterocycles. The van der Waals surface area contributed by atoms with Gasteiger partial charge in [-0.05, 0) is 54.2 Å². The molecule has 0 saturated carbocycles. The molecular formula is C22H27FN2O3S. The van der Waals surface area contributed by atoms with Gasteiger partial charge in [-0.3, -0.25) is 4.79 Å². The average Bonchev–Trinajstić information content (AvgIpc) is 2.68. The predicted octanol–water partition coefficient (Wildman–Crippen LogP) is 3.76. The molecule has 0 N–H and O–H groups in total. The minimum atomic E-state index is -3.65. The number of piperidine rings is 1. The van der Waals surface area contributed by atoms with Crippen molar-refractivity contribution in [2.24, 2.45) is 11.8 Å². The van der Waals surface area contributed by atoms with Crippen LogP contribution in [0.1, 0.15) is 36.2 Å². The summed E-state index contributed by atoms with van der Waals surface area (Å²) in [6.45, 7) is 5.41. The van der Waals surface area contributed by atoms with E-state index in [1.54, 1.807) is 31.3 Å². The summed E-state index contributed by atoms with van der Waals surface area (Å²) in [5.41, 5.74) is 1.11. The molecule has 0 bridgehead atoms. The lowest BCUT2D eigenvalue weighted by Gasteiger charge is -2.34. The summed E-state index contributed by atoms with van der Waals surface area (Å²) in [7, 11) is -2.01. The van der Waals surface area contributed by atoms with Crippen LogP contribution in [0.15, 0.2) is 53.4 Å². The summed E-state index contributed by atoms with van der Waals surface area (Å²) in [6.07, 6.45) is 1.01. The first kappa shape index (κ1) is 21.5. The van der Waals surface area contributed by atoms with Gasteiger partial charge >= 0.3 is 0 Å². The van der Waals surface area contributed by atoms with E-state index in [1.807, 2.05) is 0 Å². The lowest BCUT2D eigenvalue weighted by molar-refractivity contribution is 0.0785. The van der Waals surface area contributed by atoms with Crippen LogP contribution in [0.25, 0.3) is 0 Å². The highest BCUT2D eigenvalue weighted by atomic mass is 32.2. The number of nitrogens with zero attached hydrogens (tertiary/aromatic N) is 2. The van der Waals surface area contributed by atoms with Gasteiger partial charge in [0, 0.05) is 32.2 Å². The maximum atomic E-state index is 13.1. The van der Waals surface area contributed by atoms with Gasteiger partial charge in [0.2, 0.25) is 10.0 Å². The highest BCUT2D eigenvalue weighted by molar-refractivity contribution is 7.89. The van der Waals surface area contributed by atoms with E-state index in [1.165, 1.54) is 33.5 Å². The molecular weight excluding hydrogens is 391 g/mol. The lowest BCUT2D eigenvalue weighted by Crippen LogP contribution is -2.42. The number of carbonyl (C=O) groups is 1. The summed E-state index contributed by atoms with van der Waals surface area (Å²) in [5, 5.41) is 0. The van der Waals surface area contributed by atoms with Crippen LogP contribution in [0.4, 0.5) is 4.39 Å². The SMILES string of the molecule is CC1CC(C)CN(S(=O)(=O)c2cccc(C(=O)N(C)Cc3ccc(F)cc3)c2)C1. The molecule has 0 aromatic heterocycles. The van der Waals surface area contributed by atoms with Crippen molar-refractivity contribution in [1.82, 2.24) is 9.21 Å². The van der Waals surface area contributed by atoms with Crippen molar-refractivity contribution in [3.05, 3.63) is 65.5 Å². The van der Waals surface area contributed by atoms with Gasteiger partial charge in [0.15, 0.2) is 0 Å². The molecule has 1 aliphatic rings. The molecule has 0 spiro atoms. The molecule has 1 amide bonds. The van der Waals surface area contributed by atoms with Crippen LogP contribution < -0.4 is 0 Å². The van der Waals surface area contributed by atoms with E-state index in [2.05, 4.69) is 13.8 Å². The Morgan fingerprint density at radius 3 is 2.34 bits per heavy atom. The monoisotopic (exact) mass is 418 g/mol. The summed E-state index contributed by atoms with van der Waals surface area (Å²) < 4.78 is 40.8. The molecule has 5 nitrogen and oxygen atoms in total. The molecule has 2 atom stereocenters. The van der Waals surface area contributed by atoms with Gasteiger partial charge in [-0.25, -0.2) is 12.8 Å². The van der Waals surface area contributed by atoms with Crippen LogP contribution in [-0.2, 0) is 16.6 Å². The number of sulfonamides is 1. The van der Waals surface area contributed by atoms with E-state index >= 15 is 0 Å². The summed E-state index contributed by atoms with van der Waals surface area (Å²) in [6, 6.07) is 12.1. The maximum absolute atomic E-state index is 13.1. The van der Waals surface area contributed by atoms with E-state index in [9.17, 15) is 17.6 Å². The molecule has 156 valence electrons. The molecule has 0 radical (unpaired) electrons. The van der Waals surface area contributed by atoms with Crippen LogP contribution in [0.5, 0.6) is 0 Å². The number of hydrogen-bond donors (Lipinski definition) is 0. The predicted molar refractivity (Wildman–Crippen MR) is 110 cm³/mol. The second-order valence-electron chi connectivity index (χ2n) is 8.08. The molecule has 7 heteroatoms. The van der Waals surface area contributed by atoms with E-state index in [0.717, 1.165) is 12.0 Å². The van der Waals surface area contributed by atoms with E-state index < -0.39 is 10.0 Å². The first-order chi connectivity index (χ1) is 13.7. The van der Waals surface area contributed by atoms with Crippen LogP contribution in [-0.4, -0.2) is 43.7 Å². The first-order valence-electron chi connectivity index (χ1n) is 9.77. The van der Waals surface area contributed by atoms with E-state index in [4.69, 9.17) is 0 Å². The minimum Gasteiger partial charge on any atom is -0.337 e. The minimum absolute atomic E-state index is 0.139. The molecule has 2 aromatic carbocycles. The maximum Gasteiger partial charge on any atom is 0.253 e. The van der Waals surface area contributed by atoms with Crippen molar-refractivity contribution in [3.8, 4) is 0 Å². The Morgan fingerprint density at radius 1 is 1.10 bits per heavy atom. The van der Waals surface area contributed by atoms with Crippen molar-refractivity contribution in [1.29, 1.82) is 0 Å². The Balaban J connectivity index is 1.79. The zero-order valence-electron chi connectivity index (χ0n) is 17.0. The first-order valence-corrected chi connectivity index (χ1v) is 11.2. The van der Waals surface area contributed by atoms with Gasteiger partial charge in [0.05, 0.1) is 4.90 Å². The summed E-state index contributed by atoms with van der Waals surface area (Å²) >= 11 is 0. The number of amides is 1. The molecule has 1 fully saturated rings. The Morgan fingerprint density at radius 2 is 1.72 bits per heavy atom. The van der Waals surface area contributed by atoms with Gasteiger partial charge in [-0.1, -0.05) is 32.0 Å². The fraction of sp³-hybridized carbons (Fsp3) is 0.409. The van der Waals surface area contributed by atoms with Crippen LogP contribution >= 0.6 is 0 Å². The molecule has 29 heavy (non-hydrogen) atoms. The molecule has 1 aliphatic heterocycles. The highest BCUT2D eigenvalue weighted by Gasteiger charge is 2.32. The third kappa shape index (κ3) is 5.03. The Labute approximate surface area is 172 Å². The second-order valence-corrected chi connectivity index (χ2v) is 10.0. The Hall–Kier alpha value is -2.25. The molecule has 0 aliphatic carbocycles. The van der Waals surface area contributed by atoms with Crippen molar-refractivity contribution in [2.75, 3.05) is 20.1 Å². The number of hydrogen-bond acceptors (Lipinski definition) is 3. The van der Waals surface area contributed by atoms with E-state index in [0.29, 0.717) is 37.0 Å². The molecule has 2 unspecified atom stereocenters. The third-order valence-corrected chi connectivity index (χ3v) is 7.06.